The maximum atomic E-state index is 9.53. The normalized spacial score (nSPS) is 12.4. The fraction of sp³-hybridized carbons (Fsp3) is 0.233. The first kappa shape index (κ1) is 45.1. The molecule has 0 fully saturated rings. The van der Waals surface area contributed by atoms with Crippen molar-refractivity contribution in [3.63, 3.8) is 0 Å². The number of rotatable bonds is 16. The predicted molar refractivity (Wildman–Crippen MR) is 279 cm³/mol. The SMILES string of the molecule is CCCCC1(CCCC)c2cc(C#Cc3ccc(/C=C/c4ccc(C)cc4)s3)ccc2-c2ccc(C#Cc3ccc(/C=C/c4ccc(N(CC)CCOc5ccc(O)cc5)cc4)s3)cc21. The number of phenols is 1. The van der Waals surface area contributed by atoms with Crippen LogP contribution in [0.15, 0.2) is 133 Å². The average molecular weight is 888 g/mol. The quantitative estimate of drug-likeness (QED) is 0.0982. The van der Waals surface area contributed by atoms with Gasteiger partial charge in [0.2, 0.25) is 0 Å². The second-order valence-corrected chi connectivity index (χ2v) is 19.0. The number of benzene rings is 5. The van der Waals surface area contributed by atoms with E-state index in [0.29, 0.717) is 6.61 Å². The fourth-order valence-electron chi connectivity index (χ4n) is 8.67. The number of hydrogen-bond acceptors (Lipinski definition) is 5. The first-order valence-corrected chi connectivity index (χ1v) is 24.7. The topological polar surface area (TPSA) is 32.7 Å². The van der Waals surface area contributed by atoms with Gasteiger partial charge in [-0.2, -0.15) is 0 Å². The Morgan fingerprint density at radius 2 is 1.11 bits per heavy atom. The first-order chi connectivity index (χ1) is 31.8. The highest BCUT2D eigenvalue weighted by atomic mass is 32.1. The van der Waals surface area contributed by atoms with Gasteiger partial charge in [-0.3, -0.25) is 0 Å². The first-order valence-electron chi connectivity index (χ1n) is 23.1. The van der Waals surface area contributed by atoms with Gasteiger partial charge >= 0.3 is 0 Å². The van der Waals surface area contributed by atoms with Gasteiger partial charge in [0, 0.05) is 38.5 Å². The van der Waals surface area contributed by atoms with Gasteiger partial charge in [0.25, 0.3) is 0 Å². The third-order valence-corrected chi connectivity index (χ3v) is 14.2. The van der Waals surface area contributed by atoms with E-state index in [9.17, 15) is 5.11 Å². The third kappa shape index (κ3) is 11.2. The van der Waals surface area contributed by atoms with Crippen LogP contribution in [0.2, 0.25) is 0 Å². The molecule has 0 bridgehead atoms. The summed E-state index contributed by atoms with van der Waals surface area (Å²) in [5.74, 6) is 15.1. The highest BCUT2D eigenvalue weighted by Gasteiger charge is 2.42. The summed E-state index contributed by atoms with van der Waals surface area (Å²) in [4.78, 5) is 6.82. The number of ether oxygens (including phenoxy) is 1. The molecule has 5 heteroatoms. The van der Waals surface area contributed by atoms with Crippen LogP contribution in [0.25, 0.3) is 35.4 Å². The van der Waals surface area contributed by atoms with E-state index in [2.05, 4.69) is 190 Å². The van der Waals surface area contributed by atoms with Crippen molar-refractivity contribution in [2.75, 3.05) is 24.6 Å². The van der Waals surface area contributed by atoms with Gasteiger partial charge in [0.15, 0.2) is 0 Å². The Morgan fingerprint density at radius 1 is 0.585 bits per heavy atom. The molecule has 2 heterocycles. The van der Waals surface area contributed by atoms with E-state index in [0.717, 1.165) is 76.7 Å². The van der Waals surface area contributed by atoms with Crippen LogP contribution >= 0.6 is 22.7 Å². The van der Waals surface area contributed by atoms with Crippen molar-refractivity contribution in [1.29, 1.82) is 0 Å². The lowest BCUT2D eigenvalue weighted by atomic mass is 9.70. The van der Waals surface area contributed by atoms with Crippen LogP contribution in [-0.2, 0) is 5.41 Å². The Kier molecular flexibility index (Phi) is 14.9. The summed E-state index contributed by atoms with van der Waals surface area (Å²) in [5.41, 5.74) is 12.4. The minimum Gasteiger partial charge on any atom is -0.508 e. The van der Waals surface area contributed by atoms with Crippen molar-refractivity contribution in [2.45, 2.75) is 71.6 Å². The van der Waals surface area contributed by atoms with Gasteiger partial charge in [-0.1, -0.05) is 129 Å². The molecule has 1 aliphatic rings. The highest BCUT2D eigenvalue weighted by molar-refractivity contribution is 7.13. The van der Waals surface area contributed by atoms with Gasteiger partial charge in [0.05, 0.1) is 16.3 Å². The smallest absolute Gasteiger partial charge is 0.119 e. The lowest BCUT2D eigenvalue weighted by Crippen LogP contribution is -2.27. The Morgan fingerprint density at radius 3 is 1.62 bits per heavy atom. The monoisotopic (exact) mass is 887 g/mol. The van der Waals surface area contributed by atoms with Crippen molar-refractivity contribution in [3.05, 3.63) is 192 Å². The molecule has 0 radical (unpaired) electrons. The molecular formula is C60H57NO2S2. The summed E-state index contributed by atoms with van der Waals surface area (Å²) in [6.07, 6.45) is 15.6. The van der Waals surface area contributed by atoms with Gasteiger partial charge < -0.3 is 14.7 Å². The number of nitrogens with zero attached hydrogens (tertiary/aromatic N) is 1. The van der Waals surface area contributed by atoms with Crippen LogP contribution in [-0.4, -0.2) is 24.8 Å². The zero-order chi connectivity index (χ0) is 45.0. The lowest BCUT2D eigenvalue weighted by Gasteiger charge is -2.33. The van der Waals surface area contributed by atoms with Crippen molar-refractivity contribution >= 4 is 52.7 Å². The minimum atomic E-state index is -0.0556. The molecule has 1 N–H and O–H groups in total. The van der Waals surface area contributed by atoms with Gasteiger partial charge in [-0.25, -0.2) is 0 Å². The van der Waals surface area contributed by atoms with E-state index in [-0.39, 0.29) is 11.2 Å². The number of thiophene rings is 2. The van der Waals surface area contributed by atoms with E-state index in [1.54, 1.807) is 46.9 Å². The molecule has 0 aliphatic heterocycles. The molecule has 326 valence electrons. The molecule has 0 unspecified atom stereocenters. The summed E-state index contributed by atoms with van der Waals surface area (Å²) in [6, 6.07) is 46.6. The van der Waals surface area contributed by atoms with Gasteiger partial charge in [0.1, 0.15) is 18.1 Å². The van der Waals surface area contributed by atoms with Crippen LogP contribution in [0.4, 0.5) is 5.69 Å². The van der Waals surface area contributed by atoms with Crippen LogP contribution in [0.5, 0.6) is 11.5 Å². The molecule has 1 aliphatic carbocycles. The standard InChI is InChI=1S/C60H57NO2S2/c1-5-8-38-60(39-9-6-2)58-42-47(18-30-54-34-32-52(64-54)28-16-45-12-10-44(4)11-13-45)20-36-56(58)57-37-21-48(43-59(57)60)19-31-55-35-33-53(65-55)29-17-46-14-22-49(23-15-46)61(7-3)40-41-63-51-26-24-50(62)25-27-51/h10-17,20-29,32-37,42-43,62H,5-9,38-41H2,1-4H3/b28-16+,29-17+. The van der Waals surface area contributed by atoms with Crippen LogP contribution in [0.1, 0.15) is 118 Å². The Bertz CT molecular complexity index is 2880. The van der Waals surface area contributed by atoms with E-state index in [1.807, 2.05) is 0 Å². The molecule has 0 spiro atoms. The molecule has 0 atom stereocenters. The zero-order valence-electron chi connectivity index (χ0n) is 38.0. The van der Waals surface area contributed by atoms with E-state index < -0.39 is 0 Å². The van der Waals surface area contributed by atoms with Gasteiger partial charge in [-0.05, 0) is 157 Å². The molecule has 8 rings (SSSR count). The molecule has 5 aromatic carbocycles. The maximum absolute atomic E-state index is 9.53. The summed E-state index contributed by atoms with van der Waals surface area (Å²) in [7, 11) is 0. The van der Waals surface area contributed by atoms with E-state index in [4.69, 9.17) is 4.74 Å². The molecule has 7 aromatic rings. The molecule has 2 aromatic heterocycles. The number of phenolic OH excluding ortho intramolecular Hbond substituents is 1. The minimum absolute atomic E-state index is 0.0556. The largest absolute Gasteiger partial charge is 0.508 e. The summed E-state index contributed by atoms with van der Waals surface area (Å²) in [5, 5.41) is 9.53. The highest BCUT2D eigenvalue weighted by Crippen LogP contribution is 2.54. The second kappa shape index (κ2) is 21.5. The number of fused-ring (bicyclic) bond motifs is 3. The fourth-order valence-corrected chi connectivity index (χ4v) is 10.2. The summed E-state index contributed by atoms with van der Waals surface area (Å²) >= 11 is 3.46. The number of aromatic hydroxyl groups is 1. The average Bonchev–Trinajstić information content (AvgIpc) is 4.07. The lowest BCUT2D eigenvalue weighted by molar-refractivity contribution is 0.323. The molecule has 3 nitrogen and oxygen atoms in total. The zero-order valence-corrected chi connectivity index (χ0v) is 39.6. The molecular weight excluding hydrogens is 831 g/mol. The summed E-state index contributed by atoms with van der Waals surface area (Å²) in [6.45, 7) is 11.1. The molecule has 0 saturated carbocycles. The van der Waals surface area contributed by atoms with E-state index in [1.165, 1.54) is 56.0 Å². The maximum Gasteiger partial charge on any atom is 0.119 e. The van der Waals surface area contributed by atoms with Crippen LogP contribution in [0, 0.1) is 30.6 Å². The van der Waals surface area contributed by atoms with Crippen LogP contribution < -0.4 is 9.64 Å². The van der Waals surface area contributed by atoms with Crippen molar-refractivity contribution in [1.82, 2.24) is 0 Å². The second-order valence-electron chi connectivity index (χ2n) is 16.8. The number of aryl methyl sites for hydroxylation is 1. The Hall–Kier alpha value is -6.50. The molecule has 0 saturated heterocycles. The number of likely N-dealkylation sites (N-methyl/N-ethyl adjacent to an activating group) is 1. The van der Waals surface area contributed by atoms with Crippen LogP contribution in [0.3, 0.4) is 0 Å². The number of unbranched alkanes of at least 4 members (excludes halogenated alkanes) is 2. The van der Waals surface area contributed by atoms with Crippen molar-refractivity contribution in [3.8, 4) is 46.3 Å². The number of hydrogen-bond donors (Lipinski definition) is 1. The molecule has 0 amide bonds. The van der Waals surface area contributed by atoms with E-state index >= 15 is 0 Å². The third-order valence-electron chi connectivity index (χ3n) is 12.3. The molecule has 65 heavy (non-hydrogen) atoms. The van der Waals surface area contributed by atoms with Crippen molar-refractivity contribution in [2.24, 2.45) is 0 Å². The summed E-state index contributed by atoms with van der Waals surface area (Å²) < 4.78 is 5.89. The number of anilines is 1. The predicted octanol–water partition coefficient (Wildman–Crippen LogP) is 15.5. The Labute approximate surface area is 394 Å². The van der Waals surface area contributed by atoms with Crippen molar-refractivity contribution < 1.29 is 9.84 Å². The Balaban J connectivity index is 0.957. The van der Waals surface area contributed by atoms with Gasteiger partial charge in [-0.15, -0.1) is 22.7 Å².